The number of fused-ring (bicyclic) bond motifs is 1. The standard InChI is InChI=1S/C21H22N2O4/c1-13(2)16-8-7-15(19(25)22-16)20(26)23-10-9-21(12-23)11-17(24)14-5-3-4-6-18(14)27-21/h3-8,13H,9-12H2,1-2H3,(H,22,25). The first-order chi connectivity index (χ1) is 12.9. The molecule has 0 radical (unpaired) electrons. The number of carbonyl (C=O) groups excluding carboxylic acids is 2. The highest BCUT2D eigenvalue weighted by atomic mass is 16.5. The number of pyridine rings is 1. The van der Waals surface area contributed by atoms with E-state index < -0.39 is 5.60 Å². The number of Topliss-reactive ketones (excluding diaryl/α,β-unsaturated/α-hetero) is 1. The highest BCUT2D eigenvalue weighted by Crippen LogP contribution is 2.38. The SMILES string of the molecule is CC(C)c1ccc(C(=O)N2CCC3(CC(=O)c4ccccc4O3)C2)c(=O)[nH]1. The number of benzene rings is 1. The first-order valence-corrected chi connectivity index (χ1v) is 9.22. The van der Waals surface area contributed by atoms with Crippen molar-refractivity contribution in [2.45, 2.75) is 38.2 Å². The molecule has 0 bridgehead atoms. The fourth-order valence-corrected chi connectivity index (χ4v) is 3.85. The Kier molecular flexibility index (Phi) is 4.13. The summed E-state index contributed by atoms with van der Waals surface area (Å²) in [6.45, 7) is 4.72. The van der Waals surface area contributed by atoms with Gasteiger partial charge in [-0.05, 0) is 30.2 Å². The van der Waals surface area contributed by atoms with Crippen LogP contribution in [0.25, 0.3) is 0 Å². The quantitative estimate of drug-likeness (QED) is 0.886. The van der Waals surface area contributed by atoms with E-state index in [4.69, 9.17) is 4.74 Å². The summed E-state index contributed by atoms with van der Waals surface area (Å²) in [5.41, 5.74) is 0.434. The number of nitrogens with one attached hydrogen (secondary N) is 1. The minimum atomic E-state index is -0.703. The summed E-state index contributed by atoms with van der Waals surface area (Å²) < 4.78 is 6.15. The summed E-state index contributed by atoms with van der Waals surface area (Å²) in [5.74, 6) is 0.462. The maximum atomic E-state index is 12.9. The molecule has 2 aromatic rings. The van der Waals surface area contributed by atoms with Crippen LogP contribution in [0, 0.1) is 0 Å². The van der Waals surface area contributed by atoms with Crippen molar-refractivity contribution in [1.82, 2.24) is 9.88 Å². The van der Waals surface area contributed by atoms with Crippen LogP contribution in [0.3, 0.4) is 0 Å². The number of ketones is 1. The van der Waals surface area contributed by atoms with Crippen molar-refractivity contribution in [3.8, 4) is 5.75 Å². The maximum Gasteiger partial charge on any atom is 0.261 e. The lowest BCUT2D eigenvalue weighted by molar-refractivity contribution is 0.0428. The molecular formula is C21H22N2O4. The summed E-state index contributed by atoms with van der Waals surface area (Å²) >= 11 is 0. The van der Waals surface area contributed by atoms with Gasteiger partial charge in [0.15, 0.2) is 5.78 Å². The molecule has 6 nitrogen and oxygen atoms in total. The zero-order chi connectivity index (χ0) is 19.2. The average Bonchev–Trinajstić information content (AvgIpc) is 3.04. The number of amides is 1. The zero-order valence-electron chi connectivity index (χ0n) is 15.5. The van der Waals surface area contributed by atoms with Crippen molar-refractivity contribution in [2.24, 2.45) is 0 Å². The Bertz CT molecular complexity index is 978. The molecule has 2 aliphatic rings. The van der Waals surface area contributed by atoms with E-state index in [1.165, 1.54) is 0 Å². The molecule has 27 heavy (non-hydrogen) atoms. The summed E-state index contributed by atoms with van der Waals surface area (Å²) in [7, 11) is 0. The molecule has 1 aromatic carbocycles. The smallest absolute Gasteiger partial charge is 0.261 e. The molecule has 1 unspecified atom stereocenters. The Hall–Kier alpha value is -2.89. The van der Waals surface area contributed by atoms with Gasteiger partial charge in [0.25, 0.3) is 11.5 Å². The molecule has 1 N–H and O–H groups in total. The van der Waals surface area contributed by atoms with Gasteiger partial charge in [0.2, 0.25) is 0 Å². The molecule has 4 rings (SSSR count). The van der Waals surface area contributed by atoms with Crippen LogP contribution < -0.4 is 10.3 Å². The summed E-state index contributed by atoms with van der Waals surface area (Å²) in [6.07, 6.45) is 0.817. The number of H-pyrrole nitrogens is 1. The van der Waals surface area contributed by atoms with Crippen molar-refractivity contribution in [1.29, 1.82) is 0 Å². The van der Waals surface area contributed by atoms with E-state index in [1.807, 2.05) is 26.0 Å². The van der Waals surface area contributed by atoms with Crippen LogP contribution in [0.1, 0.15) is 59.0 Å². The summed E-state index contributed by atoms with van der Waals surface area (Å²) in [5, 5.41) is 0. The lowest BCUT2D eigenvalue weighted by Crippen LogP contribution is -2.45. The van der Waals surface area contributed by atoms with E-state index in [-0.39, 0.29) is 35.2 Å². The second-order valence-electron chi connectivity index (χ2n) is 7.67. The molecule has 1 amide bonds. The van der Waals surface area contributed by atoms with Gasteiger partial charge in [0.1, 0.15) is 16.9 Å². The number of para-hydroxylation sites is 1. The van der Waals surface area contributed by atoms with Crippen LogP contribution in [-0.2, 0) is 0 Å². The Balaban J connectivity index is 1.56. The van der Waals surface area contributed by atoms with Crippen LogP contribution in [-0.4, -0.2) is 40.3 Å². The predicted octanol–water partition coefficient (Wildman–Crippen LogP) is 2.75. The third-order valence-corrected chi connectivity index (χ3v) is 5.38. The highest BCUT2D eigenvalue weighted by molar-refractivity contribution is 6.00. The number of carbonyl (C=O) groups is 2. The van der Waals surface area contributed by atoms with Crippen LogP contribution in [0.2, 0.25) is 0 Å². The minimum absolute atomic E-state index is 0.0327. The Morgan fingerprint density at radius 3 is 2.70 bits per heavy atom. The molecule has 1 aromatic heterocycles. The van der Waals surface area contributed by atoms with Crippen LogP contribution in [0.15, 0.2) is 41.2 Å². The second-order valence-corrected chi connectivity index (χ2v) is 7.67. The first-order valence-electron chi connectivity index (χ1n) is 9.22. The van der Waals surface area contributed by atoms with E-state index in [2.05, 4.69) is 4.98 Å². The molecule has 2 aliphatic heterocycles. The molecule has 0 saturated carbocycles. The van der Waals surface area contributed by atoms with Gasteiger partial charge in [-0.1, -0.05) is 26.0 Å². The summed E-state index contributed by atoms with van der Waals surface area (Å²) in [4.78, 5) is 42.1. The topological polar surface area (TPSA) is 79.5 Å². The number of rotatable bonds is 2. The number of nitrogens with zero attached hydrogens (tertiary/aromatic N) is 1. The molecule has 1 saturated heterocycles. The number of likely N-dealkylation sites (tertiary alicyclic amines) is 1. The number of ether oxygens (including phenoxy) is 1. The first kappa shape index (κ1) is 17.5. The lowest BCUT2D eigenvalue weighted by Gasteiger charge is -2.34. The largest absolute Gasteiger partial charge is 0.484 e. The Morgan fingerprint density at radius 1 is 1.19 bits per heavy atom. The molecular weight excluding hydrogens is 344 g/mol. The Morgan fingerprint density at radius 2 is 1.96 bits per heavy atom. The highest BCUT2D eigenvalue weighted by Gasteiger charge is 2.47. The second kappa shape index (κ2) is 6.37. The zero-order valence-corrected chi connectivity index (χ0v) is 15.5. The van der Waals surface area contributed by atoms with Gasteiger partial charge in [-0.2, -0.15) is 0 Å². The normalized spacial score (nSPS) is 21.4. The maximum absolute atomic E-state index is 12.9. The number of hydrogen-bond acceptors (Lipinski definition) is 4. The monoisotopic (exact) mass is 366 g/mol. The van der Waals surface area contributed by atoms with Gasteiger partial charge in [0, 0.05) is 18.7 Å². The van der Waals surface area contributed by atoms with E-state index in [0.717, 1.165) is 5.69 Å². The molecule has 0 aliphatic carbocycles. The molecule has 1 fully saturated rings. The van der Waals surface area contributed by atoms with Crippen molar-refractivity contribution in [3.05, 3.63) is 63.6 Å². The molecule has 1 spiro atoms. The predicted molar refractivity (Wildman–Crippen MR) is 100 cm³/mol. The number of aromatic amines is 1. The average molecular weight is 366 g/mol. The van der Waals surface area contributed by atoms with Crippen LogP contribution in [0.5, 0.6) is 5.75 Å². The van der Waals surface area contributed by atoms with Gasteiger partial charge < -0.3 is 14.6 Å². The third kappa shape index (κ3) is 3.05. The van der Waals surface area contributed by atoms with Gasteiger partial charge in [-0.3, -0.25) is 14.4 Å². The summed E-state index contributed by atoms with van der Waals surface area (Å²) in [6, 6.07) is 10.6. The van der Waals surface area contributed by atoms with E-state index >= 15 is 0 Å². The van der Waals surface area contributed by atoms with Crippen molar-refractivity contribution in [2.75, 3.05) is 13.1 Å². The number of hydrogen-bond donors (Lipinski definition) is 1. The van der Waals surface area contributed by atoms with Gasteiger partial charge in [0.05, 0.1) is 18.5 Å². The van der Waals surface area contributed by atoms with Crippen molar-refractivity contribution < 1.29 is 14.3 Å². The van der Waals surface area contributed by atoms with Crippen molar-refractivity contribution in [3.63, 3.8) is 0 Å². The van der Waals surface area contributed by atoms with Gasteiger partial charge >= 0.3 is 0 Å². The fraction of sp³-hybridized carbons (Fsp3) is 0.381. The van der Waals surface area contributed by atoms with Gasteiger partial charge in [-0.15, -0.1) is 0 Å². The van der Waals surface area contributed by atoms with Crippen LogP contribution >= 0.6 is 0 Å². The lowest BCUT2D eigenvalue weighted by atomic mass is 9.89. The third-order valence-electron chi connectivity index (χ3n) is 5.38. The van der Waals surface area contributed by atoms with E-state index in [0.29, 0.717) is 30.8 Å². The Labute approximate surface area is 157 Å². The van der Waals surface area contributed by atoms with E-state index in [9.17, 15) is 14.4 Å². The molecule has 6 heteroatoms. The fourth-order valence-electron chi connectivity index (χ4n) is 3.85. The molecule has 1 atom stereocenters. The van der Waals surface area contributed by atoms with Gasteiger partial charge in [-0.25, -0.2) is 0 Å². The minimum Gasteiger partial charge on any atom is -0.484 e. The van der Waals surface area contributed by atoms with Crippen LogP contribution in [0.4, 0.5) is 0 Å². The van der Waals surface area contributed by atoms with Crippen molar-refractivity contribution >= 4 is 11.7 Å². The van der Waals surface area contributed by atoms with E-state index in [1.54, 1.807) is 29.2 Å². The molecule has 3 heterocycles. The molecule has 140 valence electrons. The number of aromatic nitrogens is 1.